The minimum Gasteiger partial charge on any atom is -0.465 e. The first kappa shape index (κ1) is 24.6. The molecule has 0 aromatic heterocycles. The number of hydrogen-bond donors (Lipinski definition) is 1. The first-order valence-corrected chi connectivity index (χ1v) is 12.0. The Bertz CT molecular complexity index is 1380. The first-order valence-electron chi connectivity index (χ1n) is 10.4. The molecule has 176 valence electrons. The molecular weight excluding hydrogens is 580 g/mol. The van der Waals surface area contributed by atoms with Gasteiger partial charge in [0.25, 0.3) is 11.8 Å². The van der Waals surface area contributed by atoms with Gasteiger partial charge in [0.05, 0.1) is 18.4 Å². The molecule has 0 bridgehead atoms. The van der Waals surface area contributed by atoms with Crippen molar-refractivity contribution in [1.82, 2.24) is 5.32 Å². The number of urea groups is 1. The molecule has 1 aliphatic rings. The summed E-state index contributed by atoms with van der Waals surface area (Å²) < 4.78 is 6.39. The van der Waals surface area contributed by atoms with Crippen molar-refractivity contribution in [2.75, 3.05) is 12.0 Å². The van der Waals surface area contributed by atoms with Gasteiger partial charge < -0.3 is 4.74 Å². The quantitative estimate of drug-likeness (QED) is 0.246. The van der Waals surface area contributed by atoms with Gasteiger partial charge in [-0.3, -0.25) is 14.9 Å². The zero-order chi connectivity index (χ0) is 25.1. The molecule has 7 nitrogen and oxygen atoms in total. The topological polar surface area (TPSA) is 92.8 Å². The summed E-state index contributed by atoms with van der Waals surface area (Å²) in [6.07, 6.45) is 2.04. The number of halogens is 2. The largest absolute Gasteiger partial charge is 0.465 e. The Morgan fingerprint density at radius 2 is 1.69 bits per heavy atom. The molecule has 3 aromatic carbocycles. The molecule has 1 saturated heterocycles. The predicted octanol–water partition coefficient (Wildman–Crippen LogP) is 5.26. The highest BCUT2D eigenvalue weighted by molar-refractivity contribution is 9.10. The van der Waals surface area contributed by atoms with E-state index in [0.29, 0.717) is 12.0 Å². The van der Waals surface area contributed by atoms with E-state index >= 15 is 0 Å². The standard InChI is InChI=1S/C26H18Br2N2O5/c1-35-25(33)15-7-10-20(11-8-15)30-24(32)21(23(31)29-26(30)34)14-18-13-19(27)9-6-16(18)12-17-4-2-3-5-22(17)28/h2-11,13-14H,12H2,1H3,(H,29,31,34)/b21-14+. The molecule has 3 aromatic rings. The molecular formula is C26H18Br2N2O5. The van der Waals surface area contributed by atoms with Crippen LogP contribution in [-0.2, 0) is 20.7 Å². The molecule has 0 spiro atoms. The van der Waals surface area contributed by atoms with Gasteiger partial charge in [-0.2, -0.15) is 0 Å². The fourth-order valence-corrected chi connectivity index (χ4v) is 4.42. The van der Waals surface area contributed by atoms with Gasteiger partial charge in [0.1, 0.15) is 5.57 Å². The molecule has 35 heavy (non-hydrogen) atoms. The van der Waals surface area contributed by atoms with Crippen molar-refractivity contribution in [3.05, 3.63) is 104 Å². The highest BCUT2D eigenvalue weighted by Gasteiger charge is 2.37. The van der Waals surface area contributed by atoms with Gasteiger partial charge in [-0.25, -0.2) is 14.5 Å². The summed E-state index contributed by atoms with van der Waals surface area (Å²) in [5.41, 5.74) is 2.87. The number of ether oxygens (including phenoxy) is 1. The smallest absolute Gasteiger partial charge is 0.337 e. The molecule has 0 radical (unpaired) electrons. The number of nitrogens with one attached hydrogen (secondary N) is 1. The number of anilines is 1. The van der Waals surface area contributed by atoms with Crippen LogP contribution in [0, 0.1) is 0 Å². The SMILES string of the molecule is COC(=O)c1ccc(N2C(=O)NC(=O)/C(=C\c3cc(Br)ccc3Cc3ccccc3Br)C2=O)cc1. The van der Waals surface area contributed by atoms with E-state index in [1.54, 1.807) is 0 Å². The maximum atomic E-state index is 13.3. The highest BCUT2D eigenvalue weighted by atomic mass is 79.9. The first-order chi connectivity index (χ1) is 16.8. The Morgan fingerprint density at radius 1 is 0.971 bits per heavy atom. The normalized spacial score (nSPS) is 14.8. The van der Waals surface area contributed by atoms with Crippen LogP contribution in [0.4, 0.5) is 10.5 Å². The molecule has 0 atom stereocenters. The molecule has 1 fully saturated rings. The third-order valence-corrected chi connectivity index (χ3v) is 6.66. The number of carbonyl (C=O) groups is 4. The third-order valence-electron chi connectivity index (χ3n) is 5.39. The van der Waals surface area contributed by atoms with E-state index in [1.165, 1.54) is 37.5 Å². The van der Waals surface area contributed by atoms with Crippen molar-refractivity contribution in [1.29, 1.82) is 0 Å². The Labute approximate surface area is 218 Å². The van der Waals surface area contributed by atoms with E-state index in [9.17, 15) is 19.2 Å². The van der Waals surface area contributed by atoms with Crippen LogP contribution >= 0.6 is 31.9 Å². The minimum atomic E-state index is -0.870. The molecule has 1 heterocycles. The summed E-state index contributed by atoms with van der Waals surface area (Å²) in [7, 11) is 1.26. The van der Waals surface area contributed by atoms with Crippen LogP contribution < -0.4 is 10.2 Å². The average molecular weight is 598 g/mol. The van der Waals surface area contributed by atoms with Crippen LogP contribution in [0.15, 0.2) is 81.2 Å². The van der Waals surface area contributed by atoms with Crippen LogP contribution in [-0.4, -0.2) is 30.9 Å². The second kappa shape index (κ2) is 10.4. The lowest BCUT2D eigenvalue weighted by Crippen LogP contribution is -2.54. The summed E-state index contributed by atoms with van der Waals surface area (Å²) in [5.74, 6) is -2.10. The highest BCUT2D eigenvalue weighted by Crippen LogP contribution is 2.27. The zero-order valence-corrected chi connectivity index (χ0v) is 21.6. The number of carbonyl (C=O) groups excluding carboxylic acids is 4. The number of benzene rings is 3. The van der Waals surface area contributed by atoms with E-state index in [1.807, 2.05) is 42.5 Å². The van der Waals surface area contributed by atoms with Crippen molar-refractivity contribution in [3.8, 4) is 0 Å². The number of imide groups is 2. The lowest BCUT2D eigenvalue weighted by molar-refractivity contribution is -0.122. The second-order valence-corrected chi connectivity index (χ2v) is 9.38. The van der Waals surface area contributed by atoms with Gasteiger partial charge in [-0.1, -0.05) is 56.1 Å². The Morgan fingerprint density at radius 3 is 2.37 bits per heavy atom. The van der Waals surface area contributed by atoms with Crippen molar-refractivity contribution < 1.29 is 23.9 Å². The van der Waals surface area contributed by atoms with Crippen LogP contribution in [0.5, 0.6) is 0 Å². The molecule has 1 aliphatic heterocycles. The predicted molar refractivity (Wildman–Crippen MR) is 138 cm³/mol. The van der Waals surface area contributed by atoms with E-state index in [-0.39, 0.29) is 16.8 Å². The number of rotatable bonds is 5. The van der Waals surface area contributed by atoms with Gasteiger partial charge in [0.2, 0.25) is 0 Å². The summed E-state index contributed by atoms with van der Waals surface area (Å²) >= 11 is 7.00. The number of nitrogens with zero attached hydrogens (tertiary/aromatic N) is 1. The molecule has 0 unspecified atom stereocenters. The van der Waals surface area contributed by atoms with E-state index < -0.39 is 23.8 Å². The summed E-state index contributed by atoms with van der Waals surface area (Å²) in [6, 6.07) is 18.3. The number of barbiturate groups is 1. The van der Waals surface area contributed by atoms with E-state index in [4.69, 9.17) is 0 Å². The molecule has 0 saturated carbocycles. The number of esters is 1. The molecule has 1 N–H and O–H groups in total. The lowest BCUT2D eigenvalue weighted by Gasteiger charge is -2.26. The van der Waals surface area contributed by atoms with Crippen LogP contribution in [0.2, 0.25) is 0 Å². The zero-order valence-electron chi connectivity index (χ0n) is 18.4. The fourth-order valence-electron chi connectivity index (χ4n) is 3.62. The molecule has 4 amide bonds. The fraction of sp³-hybridized carbons (Fsp3) is 0.0769. The van der Waals surface area contributed by atoms with Crippen molar-refractivity contribution in [2.45, 2.75) is 6.42 Å². The van der Waals surface area contributed by atoms with Crippen LogP contribution in [0.1, 0.15) is 27.0 Å². The van der Waals surface area contributed by atoms with E-state index in [0.717, 1.165) is 25.0 Å². The Hall–Kier alpha value is -3.56. The number of methoxy groups -OCH3 is 1. The van der Waals surface area contributed by atoms with Crippen molar-refractivity contribution in [2.24, 2.45) is 0 Å². The Balaban J connectivity index is 1.71. The van der Waals surface area contributed by atoms with Gasteiger partial charge >= 0.3 is 12.0 Å². The maximum absolute atomic E-state index is 13.3. The van der Waals surface area contributed by atoms with Crippen LogP contribution in [0.3, 0.4) is 0 Å². The van der Waals surface area contributed by atoms with Gasteiger partial charge in [-0.15, -0.1) is 0 Å². The van der Waals surface area contributed by atoms with Crippen molar-refractivity contribution in [3.63, 3.8) is 0 Å². The van der Waals surface area contributed by atoms with Crippen LogP contribution in [0.25, 0.3) is 6.08 Å². The van der Waals surface area contributed by atoms with Gasteiger partial charge in [0.15, 0.2) is 0 Å². The van der Waals surface area contributed by atoms with Gasteiger partial charge in [0, 0.05) is 8.95 Å². The second-order valence-electron chi connectivity index (χ2n) is 7.61. The monoisotopic (exact) mass is 596 g/mol. The molecule has 9 heteroatoms. The minimum absolute atomic E-state index is 0.187. The maximum Gasteiger partial charge on any atom is 0.337 e. The van der Waals surface area contributed by atoms with E-state index in [2.05, 4.69) is 41.9 Å². The number of hydrogen-bond acceptors (Lipinski definition) is 5. The average Bonchev–Trinajstić information content (AvgIpc) is 2.84. The number of amides is 4. The summed E-state index contributed by atoms with van der Waals surface area (Å²) in [5, 5.41) is 2.22. The van der Waals surface area contributed by atoms with Gasteiger partial charge in [-0.05, 0) is 71.7 Å². The Kier molecular flexibility index (Phi) is 7.28. The van der Waals surface area contributed by atoms with Crippen molar-refractivity contribution >= 4 is 67.4 Å². The third kappa shape index (κ3) is 5.26. The summed E-state index contributed by atoms with van der Waals surface area (Å²) in [4.78, 5) is 51.0. The molecule has 0 aliphatic carbocycles. The molecule has 4 rings (SSSR count). The lowest BCUT2D eigenvalue weighted by atomic mass is 9.97. The summed E-state index contributed by atoms with van der Waals surface area (Å²) in [6.45, 7) is 0.